The topological polar surface area (TPSA) is 21.3 Å². The third-order valence-corrected chi connectivity index (χ3v) is 3.83. The van der Waals surface area contributed by atoms with Crippen LogP contribution in [0.5, 0.6) is 0 Å². The van der Waals surface area contributed by atoms with Gasteiger partial charge >= 0.3 is 0 Å². The fourth-order valence-electron chi connectivity index (χ4n) is 3.01. The molecule has 2 aliphatic rings. The fourth-order valence-corrected chi connectivity index (χ4v) is 3.01. The number of nitrogens with one attached hydrogen (secondary N) is 1. The summed E-state index contributed by atoms with van der Waals surface area (Å²) < 4.78 is 5.95. The van der Waals surface area contributed by atoms with Crippen LogP contribution in [0, 0.1) is 0 Å². The number of hydrogen-bond donors (Lipinski definition) is 1. The molecule has 86 valence electrons. The largest absolute Gasteiger partial charge is 0.372 e. The SMILES string of the molecule is CCCc1cccc2c1CO[C@H]1CNC[C@@H]21. The zero-order chi connectivity index (χ0) is 11.0. The van der Waals surface area contributed by atoms with E-state index in [1.165, 1.54) is 29.5 Å². The van der Waals surface area contributed by atoms with Crippen LogP contribution in [0.3, 0.4) is 0 Å². The quantitative estimate of drug-likeness (QED) is 0.820. The number of aryl methyl sites for hydroxylation is 1. The Kier molecular flexibility index (Phi) is 2.70. The standard InChI is InChI=1S/C14H19NO/c1-2-4-10-5-3-6-11-12-7-15-8-14(12)16-9-13(10)11/h3,5-6,12,14-15H,2,4,7-9H2,1H3/t12-,14-/m0/s1. The molecule has 1 saturated heterocycles. The highest BCUT2D eigenvalue weighted by Gasteiger charge is 2.34. The van der Waals surface area contributed by atoms with Crippen molar-refractivity contribution in [2.45, 2.75) is 38.4 Å². The predicted molar refractivity (Wildman–Crippen MR) is 64.6 cm³/mol. The molecule has 1 aromatic carbocycles. The van der Waals surface area contributed by atoms with Crippen LogP contribution in [0.4, 0.5) is 0 Å². The second-order valence-electron chi connectivity index (χ2n) is 4.85. The van der Waals surface area contributed by atoms with Crippen LogP contribution in [0.2, 0.25) is 0 Å². The molecule has 2 aliphatic heterocycles. The van der Waals surface area contributed by atoms with Crippen LogP contribution in [-0.4, -0.2) is 19.2 Å². The number of rotatable bonds is 2. The van der Waals surface area contributed by atoms with E-state index in [4.69, 9.17) is 4.74 Å². The molecular formula is C14H19NO. The van der Waals surface area contributed by atoms with E-state index in [2.05, 4.69) is 30.4 Å². The molecule has 0 aliphatic carbocycles. The van der Waals surface area contributed by atoms with Crippen LogP contribution in [0.25, 0.3) is 0 Å². The molecular weight excluding hydrogens is 198 g/mol. The Labute approximate surface area is 97.0 Å². The molecule has 2 nitrogen and oxygen atoms in total. The molecule has 0 radical (unpaired) electrons. The Hall–Kier alpha value is -0.860. The van der Waals surface area contributed by atoms with Gasteiger partial charge in [-0.15, -0.1) is 0 Å². The van der Waals surface area contributed by atoms with Gasteiger partial charge in [-0.05, 0) is 23.1 Å². The fraction of sp³-hybridized carbons (Fsp3) is 0.571. The Morgan fingerprint density at radius 3 is 3.19 bits per heavy atom. The van der Waals surface area contributed by atoms with E-state index < -0.39 is 0 Å². The number of benzene rings is 1. The minimum atomic E-state index is 0.407. The average Bonchev–Trinajstić information content (AvgIpc) is 2.78. The minimum Gasteiger partial charge on any atom is -0.372 e. The molecule has 2 heterocycles. The van der Waals surface area contributed by atoms with E-state index in [-0.39, 0.29) is 0 Å². The van der Waals surface area contributed by atoms with Gasteiger partial charge in [-0.1, -0.05) is 31.5 Å². The normalized spacial score (nSPS) is 27.6. The summed E-state index contributed by atoms with van der Waals surface area (Å²) in [5.41, 5.74) is 4.49. The third kappa shape index (κ3) is 1.57. The number of hydrogen-bond acceptors (Lipinski definition) is 2. The number of fused-ring (bicyclic) bond motifs is 3. The van der Waals surface area contributed by atoms with E-state index in [1.54, 1.807) is 0 Å². The summed E-state index contributed by atoms with van der Waals surface area (Å²) in [6.45, 7) is 5.15. The zero-order valence-electron chi connectivity index (χ0n) is 9.83. The lowest BCUT2D eigenvalue weighted by Gasteiger charge is -2.29. The summed E-state index contributed by atoms with van der Waals surface area (Å²) >= 11 is 0. The maximum absolute atomic E-state index is 5.95. The first-order valence-electron chi connectivity index (χ1n) is 6.33. The zero-order valence-corrected chi connectivity index (χ0v) is 9.83. The van der Waals surface area contributed by atoms with Crippen molar-refractivity contribution >= 4 is 0 Å². The van der Waals surface area contributed by atoms with Gasteiger partial charge in [0.1, 0.15) is 0 Å². The highest BCUT2D eigenvalue weighted by atomic mass is 16.5. The smallest absolute Gasteiger partial charge is 0.0784 e. The Morgan fingerprint density at radius 2 is 2.31 bits per heavy atom. The maximum Gasteiger partial charge on any atom is 0.0784 e. The minimum absolute atomic E-state index is 0.407. The first kappa shape index (κ1) is 10.3. The van der Waals surface area contributed by atoms with Crippen molar-refractivity contribution in [2.24, 2.45) is 0 Å². The molecule has 2 heteroatoms. The monoisotopic (exact) mass is 217 g/mol. The van der Waals surface area contributed by atoms with Gasteiger partial charge in [-0.25, -0.2) is 0 Å². The molecule has 1 N–H and O–H groups in total. The van der Waals surface area contributed by atoms with Gasteiger partial charge in [0.25, 0.3) is 0 Å². The Morgan fingerprint density at radius 1 is 1.38 bits per heavy atom. The van der Waals surface area contributed by atoms with Gasteiger partial charge in [-0.3, -0.25) is 0 Å². The lowest BCUT2D eigenvalue weighted by atomic mass is 9.86. The van der Waals surface area contributed by atoms with Gasteiger partial charge in [0.05, 0.1) is 12.7 Å². The van der Waals surface area contributed by atoms with Crippen LogP contribution >= 0.6 is 0 Å². The maximum atomic E-state index is 5.95. The lowest BCUT2D eigenvalue weighted by molar-refractivity contribution is 0.0294. The summed E-state index contributed by atoms with van der Waals surface area (Å²) in [6.07, 6.45) is 2.80. The van der Waals surface area contributed by atoms with E-state index >= 15 is 0 Å². The first-order valence-corrected chi connectivity index (χ1v) is 6.33. The van der Waals surface area contributed by atoms with Crippen molar-refractivity contribution in [1.29, 1.82) is 0 Å². The highest BCUT2D eigenvalue weighted by molar-refractivity contribution is 5.40. The molecule has 0 aromatic heterocycles. The van der Waals surface area contributed by atoms with Crippen molar-refractivity contribution in [1.82, 2.24) is 5.32 Å². The van der Waals surface area contributed by atoms with Crippen LogP contribution < -0.4 is 5.32 Å². The molecule has 0 spiro atoms. The Bertz CT molecular complexity index is 388. The summed E-state index contributed by atoms with van der Waals surface area (Å²) in [7, 11) is 0. The summed E-state index contributed by atoms with van der Waals surface area (Å²) in [4.78, 5) is 0. The second-order valence-corrected chi connectivity index (χ2v) is 4.85. The van der Waals surface area contributed by atoms with Gasteiger partial charge in [0, 0.05) is 19.0 Å². The van der Waals surface area contributed by atoms with Gasteiger partial charge in [0.15, 0.2) is 0 Å². The molecule has 2 atom stereocenters. The molecule has 0 unspecified atom stereocenters. The van der Waals surface area contributed by atoms with E-state index in [9.17, 15) is 0 Å². The molecule has 1 aromatic rings. The molecule has 1 fully saturated rings. The second kappa shape index (κ2) is 4.19. The van der Waals surface area contributed by atoms with E-state index in [0.29, 0.717) is 12.0 Å². The lowest BCUT2D eigenvalue weighted by Crippen LogP contribution is -2.27. The van der Waals surface area contributed by atoms with E-state index in [1.807, 2.05) is 0 Å². The predicted octanol–water partition coefficient (Wildman–Crippen LogP) is 2.22. The highest BCUT2D eigenvalue weighted by Crippen LogP contribution is 2.35. The number of ether oxygens (including phenoxy) is 1. The van der Waals surface area contributed by atoms with Crippen LogP contribution in [0.1, 0.15) is 36.0 Å². The molecule has 0 amide bonds. The summed E-state index contributed by atoms with van der Waals surface area (Å²) in [5.74, 6) is 0.584. The van der Waals surface area contributed by atoms with Gasteiger partial charge < -0.3 is 10.1 Å². The summed E-state index contributed by atoms with van der Waals surface area (Å²) in [5, 5.41) is 3.43. The van der Waals surface area contributed by atoms with Crippen LogP contribution in [-0.2, 0) is 17.8 Å². The summed E-state index contributed by atoms with van der Waals surface area (Å²) in [6, 6.07) is 6.76. The van der Waals surface area contributed by atoms with Gasteiger partial charge in [-0.2, -0.15) is 0 Å². The molecule has 16 heavy (non-hydrogen) atoms. The van der Waals surface area contributed by atoms with Gasteiger partial charge in [0.2, 0.25) is 0 Å². The van der Waals surface area contributed by atoms with Crippen molar-refractivity contribution in [2.75, 3.05) is 13.1 Å². The van der Waals surface area contributed by atoms with Crippen molar-refractivity contribution < 1.29 is 4.74 Å². The van der Waals surface area contributed by atoms with Crippen molar-refractivity contribution in [3.63, 3.8) is 0 Å². The van der Waals surface area contributed by atoms with Crippen LogP contribution in [0.15, 0.2) is 18.2 Å². The van der Waals surface area contributed by atoms with Crippen molar-refractivity contribution in [3.05, 3.63) is 34.9 Å². The average molecular weight is 217 g/mol. The molecule has 0 bridgehead atoms. The first-order chi connectivity index (χ1) is 7.90. The Balaban J connectivity index is 2.00. The molecule has 0 saturated carbocycles. The third-order valence-electron chi connectivity index (χ3n) is 3.83. The van der Waals surface area contributed by atoms with Crippen molar-refractivity contribution in [3.8, 4) is 0 Å². The molecule has 3 rings (SSSR count). The van der Waals surface area contributed by atoms with E-state index in [0.717, 1.165) is 19.7 Å².